The lowest BCUT2D eigenvalue weighted by molar-refractivity contribution is -0.665. The molecule has 5 nitrogen and oxygen atoms in total. The van der Waals surface area contributed by atoms with Crippen LogP contribution in [0.1, 0.15) is 5.56 Å². The van der Waals surface area contributed by atoms with Crippen LogP contribution in [0.15, 0.2) is 30.3 Å². The number of hydrogen-bond acceptors (Lipinski definition) is 2. The highest BCUT2D eigenvalue weighted by Gasteiger charge is 2.42. The second kappa shape index (κ2) is 5.01. The van der Waals surface area contributed by atoms with Crippen molar-refractivity contribution in [2.75, 3.05) is 19.6 Å². The zero-order chi connectivity index (χ0) is 13.2. The van der Waals surface area contributed by atoms with Gasteiger partial charge in [0.05, 0.1) is 13.1 Å². The first-order valence-corrected chi connectivity index (χ1v) is 6.72. The van der Waals surface area contributed by atoms with Crippen LogP contribution in [0.5, 0.6) is 0 Å². The van der Waals surface area contributed by atoms with Gasteiger partial charge in [0.25, 0.3) is 0 Å². The summed E-state index contributed by atoms with van der Waals surface area (Å²) in [7, 11) is 0. The predicted octanol–water partition coefficient (Wildman–Crippen LogP) is -1.50. The summed E-state index contributed by atoms with van der Waals surface area (Å²) < 4.78 is 0. The molecule has 0 unspecified atom stereocenters. The Hall–Kier alpha value is -1.88. The molecule has 3 rings (SSSR count). The van der Waals surface area contributed by atoms with Gasteiger partial charge in [0.15, 0.2) is 6.04 Å². The molecule has 1 aromatic rings. The van der Waals surface area contributed by atoms with Gasteiger partial charge < -0.3 is 15.5 Å². The number of amides is 2. The van der Waals surface area contributed by atoms with E-state index in [9.17, 15) is 9.59 Å². The highest BCUT2D eigenvalue weighted by atomic mass is 16.2. The van der Waals surface area contributed by atoms with Gasteiger partial charge in [0.1, 0.15) is 12.6 Å². The average Bonchev–Trinajstić information content (AvgIpc) is 2.46. The van der Waals surface area contributed by atoms with Gasteiger partial charge in [0, 0.05) is 6.42 Å². The van der Waals surface area contributed by atoms with E-state index in [2.05, 4.69) is 10.6 Å². The van der Waals surface area contributed by atoms with Crippen LogP contribution >= 0.6 is 0 Å². The van der Waals surface area contributed by atoms with Crippen LogP contribution in [0.4, 0.5) is 0 Å². The first-order chi connectivity index (χ1) is 9.25. The van der Waals surface area contributed by atoms with Crippen LogP contribution in [-0.4, -0.2) is 48.4 Å². The molecule has 2 heterocycles. The maximum absolute atomic E-state index is 12.4. The number of hydrogen-bond donors (Lipinski definition) is 2. The fourth-order valence-electron chi connectivity index (χ4n) is 2.82. The van der Waals surface area contributed by atoms with Crippen LogP contribution in [0.2, 0.25) is 0 Å². The summed E-state index contributed by atoms with van der Waals surface area (Å²) in [5.41, 5.74) is 1.07. The molecule has 0 aliphatic carbocycles. The van der Waals surface area contributed by atoms with Crippen molar-refractivity contribution >= 4 is 11.8 Å². The lowest BCUT2D eigenvalue weighted by atomic mass is 9.99. The monoisotopic (exact) mass is 260 g/mol. The van der Waals surface area contributed by atoms with Crippen LogP contribution < -0.4 is 10.6 Å². The highest BCUT2D eigenvalue weighted by molar-refractivity contribution is 5.97. The SMILES string of the molecule is O=C1N[C@H](Cc2ccccc2)C(=O)N2CC[NH2+]C[C@H]12. The number of nitrogens with one attached hydrogen (secondary N) is 1. The zero-order valence-corrected chi connectivity index (χ0v) is 10.7. The van der Waals surface area contributed by atoms with E-state index in [1.165, 1.54) is 0 Å². The molecule has 5 heteroatoms. The normalized spacial score (nSPS) is 26.8. The molecule has 2 aliphatic heterocycles. The minimum Gasteiger partial charge on any atom is -0.343 e. The van der Waals surface area contributed by atoms with Gasteiger partial charge >= 0.3 is 0 Å². The first-order valence-electron chi connectivity index (χ1n) is 6.72. The van der Waals surface area contributed by atoms with Crippen molar-refractivity contribution in [1.82, 2.24) is 10.2 Å². The lowest BCUT2D eigenvalue weighted by Gasteiger charge is -2.40. The summed E-state index contributed by atoms with van der Waals surface area (Å²) in [6, 6.07) is 9.11. The van der Waals surface area contributed by atoms with E-state index in [1.54, 1.807) is 4.90 Å². The lowest BCUT2D eigenvalue weighted by Crippen LogP contribution is -2.94. The Morgan fingerprint density at radius 3 is 2.84 bits per heavy atom. The third-order valence-electron chi connectivity index (χ3n) is 3.82. The Kier molecular flexibility index (Phi) is 3.21. The van der Waals surface area contributed by atoms with Crippen molar-refractivity contribution in [3.05, 3.63) is 35.9 Å². The summed E-state index contributed by atoms with van der Waals surface area (Å²) in [4.78, 5) is 26.2. The van der Waals surface area contributed by atoms with Crippen molar-refractivity contribution in [3.8, 4) is 0 Å². The van der Waals surface area contributed by atoms with E-state index >= 15 is 0 Å². The van der Waals surface area contributed by atoms with E-state index in [0.29, 0.717) is 19.5 Å². The number of fused-ring (bicyclic) bond motifs is 1. The van der Waals surface area contributed by atoms with Gasteiger partial charge in [-0.05, 0) is 5.56 Å². The molecule has 0 saturated carbocycles. The summed E-state index contributed by atoms with van der Waals surface area (Å²) in [5, 5.41) is 4.95. The zero-order valence-electron chi connectivity index (χ0n) is 10.7. The minimum atomic E-state index is -0.413. The largest absolute Gasteiger partial charge is 0.343 e. The van der Waals surface area contributed by atoms with Gasteiger partial charge in [0.2, 0.25) is 11.8 Å². The number of nitrogens with two attached hydrogens (primary N) is 1. The quantitative estimate of drug-likeness (QED) is 0.680. The van der Waals surface area contributed by atoms with Crippen LogP contribution in [-0.2, 0) is 16.0 Å². The van der Waals surface area contributed by atoms with E-state index in [1.807, 2.05) is 30.3 Å². The molecule has 0 radical (unpaired) electrons. The molecular formula is C14H18N3O2+. The van der Waals surface area contributed by atoms with Crippen LogP contribution in [0.3, 0.4) is 0 Å². The van der Waals surface area contributed by atoms with Gasteiger partial charge in [-0.15, -0.1) is 0 Å². The maximum atomic E-state index is 12.4. The first kappa shape index (κ1) is 12.2. The summed E-state index contributed by atoms with van der Waals surface area (Å²) in [5.74, 6) is 0.0398. The standard InChI is InChI=1S/C14H17N3O2/c18-13-12-9-15-6-7-17(12)14(19)11(16-13)8-10-4-2-1-3-5-10/h1-5,11-12,15H,6-9H2,(H,16,18)/p+1/t11-,12-/m1/s1. The third-order valence-corrected chi connectivity index (χ3v) is 3.82. The Morgan fingerprint density at radius 2 is 2.05 bits per heavy atom. The van der Waals surface area contributed by atoms with E-state index in [4.69, 9.17) is 0 Å². The minimum absolute atomic E-state index is 0.0171. The smallest absolute Gasteiger partial charge is 0.249 e. The molecule has 3 N–H and O–H groups in total. The number of quaternary nitrogens is 1. The Bertz CT molecular complexity index is 489. The summed E-state index contributed by atoms with van der Waals surface area (Å²) in [6.07, 6.45) is 0.568. The predicted molar refractivity (Wildman–Crippen MR) is 69.2 cm³/mol. The fraction of sp³-hybridized carbons (Fsp3) is 0.429. The molecule has 0 spiro atoms. The Balaban J connectivity index is 1.76. The fourth-order valence-corrected chi connectivity index (χ4v) is 2.82. The van der Waals surface area contributed by atoms with E-state index in [0.717, 1.165) is 12.1 Å². The van der Waals surface area contributed by atoms with Crippen molar-refractivity contribution in [2.45, 2.75) is 18.5 Å². The topological polar surface area (TPSA) is 66.0 Å². The number of piperazine rings is 2. The molecule has 0 bridgehead atoms. The Labute approximate surface area is 112 Å². The third kappa shape index (κ3) is 2.33. The molecule has 2 aliphatic rings. The molecular weight excluding hydrogens is 242 g/mol. The number of carbonyl (C=O) groups excluding carboxylic acids is 2. The van der Waals surface area contributed by atoms with Crippen molar-refractivity contribution in [3.63, 3.8) is 0 Å². The number of nitrogens with zero attached hydrogens (tertiary/aromatic N) is 1. The number of rotatable bonds is 2. The van der Waals surface area contributed by atoms with Gasteiger partial charge in [-0.1, -0.05) is 30.3 Å². The molecule has 19 heavy (non-hydrogen) atoms. The Morgan fingerprint density at radius 1 is 1.26 bits per heavy atom. The van der Waals surface area contributed by atoms with Gasteiger partial charge in [-0.25, -0.2) is 0 Å². The van der Waals surface area contributed by atoms with Gasteiger partial charge in [-0.3, -0.25) is 9.59 Å². The summed E-state index contributed by atoms with van der Waals surface area (Å²) in [6.45, 7) is 2.23. The maximum Gasteiger partial charge on any atom is 0.249 e. The molecule has 100 valence electrons. The van der Waals surface area contributed by atoms with E-state index in [-0.39, 0.29) is 17.9 Å². The molecule has 1 aromatic carbocycles. The highest BCUT2D eigenvalue weighted by Crippen LogP contribution is 2.13. The van der Waals surface area contributed by atoms with Crippen molar-refractivity contribution < 1.29 is 14.9 Å². The second-order valence-electron chi connectivity index (χ2n) is 5.11. The van der Waals surface area contributed by atoms with Crippen molar-refractivity contribution in [2.24, 2.45) is 0 Å². The van der Waals surface area contributed by atoms with Crippen LogP contribution in [0.25, 0.3) is 0 Å². The number of benzene rings is 1. The molecule has 0 aromatic heterocycles. The molecule has 2 saturated heterocycles. The summed E-state index contributed by atoms with van der Waals surface area (Å²) >= 11 is 0. The van der Waals surface area contributed by atoms with Gasteiger partial charge in [-0.2, -0.15) is 0 Å². The van der Waals surface area contributed by atoms with Crippen molar-refractivity contribution in [1.29, 1.82) is 0 Å². The van der Waals surface area contributed by atoms with Crippen LogP contribution in [0, 0.1) is 0 Å². The molecule has 2 amide bonds. The molecule has 2 fully saturated rings. The number of carbonyl (C=O) groups is 2. The van der Waals surface area contributed by atoms with E-state index < -0.39 is 6.04 Å². The molecule has 2 atom stereocenters. The second-order valence-corrected chi connectivity index (χ2v) is 5.11. The average molecular weight is 260 g/mol.